The normalized spacial score (nSPS) is 11.5. The highest BCUT2D eigenvalue weighted by Gasteiger charge is 2.14. The van der Waals surface area contributed by atoms with Gasteiger partial charge in [0.25, 0.3) is 0 Å². The Morgan fingerprint density at radius 3 is 2.43 bits per heavy atom. The fourth-order valence-electron chi connectivity index (χ4n) is 2.59. The molecule has 0 aliphatic rings. The number of imidazole rings is 2. The lowest BCUT2D eigenvalue weighted by molar-refractivity contribution is -0.118. The van der Waals surface area contributed by atoms with Crippen molar-refractivity contribution in [3.63, 3.8) is 0 Å². The van der Waals surface area contributed by atoms with Gasteiger partial charge in [0.05, 0.1) is 22.1 Å². The lowest BCUT2D eigenvalue weighted by Crippen LogP contribution is -2.19. The number of nitrogens with two attached hydrogens (primary N) is 2. The fourth-order valence-corrected chi connectivity index (χ4v) is 2.59. The number of aryl methyl sites for hydroxylation is 3. The molecule has 3 rings (SSSR count). The molecule has 3 aromatic rings. The molecular formula is C13H16N6O2. The summed E-state index contributed by atoms with van der Waals surface area (Å²) in [6.07, 6.45) is 0.182. The van der Waals surface area contributed by atoms with Crippen molar-refractivity contribution in [1.82, 2.24) is 18.7 Å². The van der Waals surface area contributed by atoms with Crippen LogP contribution in [0.5, 0.6) is 0 Å². The standard InChI is InChI=1S/C13H16N6O2/c1-17-9-5-7-8(6-10(9)18(2)13(17)21)19(12(15)16-7)4-3-11(14)20/h5-6H,3-4H2,1-2H3,(H2,14,20)(H2,15,16). The maximum Gasteiger partial charge on any atom is 0.328 e. The minimum Gasteiger partial charge on any atom is -0.370 e. The molecule has 21 heavy (non-hydrogen) atoms. The van der Waals surface area contributed by atoms with Crippen LogP contribution in [0.4, 0.5) is 5.95 Å². The van der Waals surface area contributed by atoms with E-state index in [-0.39, 0.29) is 12.1 Å². The van der Waals surface area contributed by atoms with Crippen LogP contribution in [0.15, 0.2) is 16.9 Å². The Hall–Kier alpha value is -2.77. The van der Waals surface area contributed by atoms with Gasteiger partial charge in [0.1, 0.15) is 0 Å². The molecule has 0 saturated carbocycles. The van der Waals surface area contributed by atoms with E-state index in [2.05, 4.69) is 4.98 Å². The largest absolute Gasteiger partial charge is 0.370 e. The van der Waals surface area contributed by atoms with Gasteiger partial charge in [-0.15, -0.1) is 0 Å². The number of nitrogen functional groups attached to an aromatic ring is 1. The number of fused-ring (bicyclic) bond motifs is 2. The summed E-state index contributed by atoms with van der Waals surface area (Å²) in [7, 11) is 3.42. The van der Waals surface area contributed by atoms with Crippen molar-refractivity contribution in [2.45, 2.75) is 13.0 Å². The molecule has 0 aliphatic heterocycles. The Labute approximate surface area is 119 Å². The third-order valence-corrected chi connectivity index (χ3v) is 3.75. The third-order valence-electron chi connectivity index (χ3n) is 3.75. The lowest BCUT2D eigenvalue weighted by Gasteiger charge is -2.04. The Kier molecular flexibility index (Phi) is 2.75. The van der Waals surface area contributed by atoms with Crippen LogP contribution >= 0.6 is 0 Å². The molecule has 2 heterocycles. The van der Waals surface area contributed by atoms with Gasteiger partial charge in [0.15, 0.2) is 0 Å². The molecule has 0 unspecified atom stereocenters. The number of primary amides is 1. The van der Waals surface area contributed by atoms with Gasteiger partial charge >= 0.3 is 5.69 Å². The number of benzene rings is 1. The first-order valence-corrected chi connectivity index (χ1v) is 6.49. The van der Waals surface area contributed by atoms with E-state index >= 15 is 0 Å². The minimum atomic E-state index is -0.399. The number of hydrogen-bond donors (Lipinski definition) is 2. The number of carbonyl (C=O) groups is 1. The van der Waals surface area contributed by atoms with Crippen molar-refractivity contribution in [2.75, 3.05) is 5.73 Å². The average molecular weight is 288 g/mol. The lowest BCUT2D eigenvalue weighted by atomic mass is 10.2. The van der Waals surface area contributed by atoms with Gasteiger partial charge in [0.2, 0.25) is 11.9 Å². The number of anilines is 1. The molecule has 1 aromatic carbocycles. The number of nitrogens with zero attached hydrogens (tertiary/aromatic N) is 4. The van der Waals surface area contributed by atoms with Crippen molar-refractivity contribution in [3.05, 3.63) is 22.6 Å². The van der Waals surface area contributed by atoms with Crippen LogP contribution in [0.2, 0.25) is 0 Å². The smallest absolute Gasteiger partial charge is 0.328 e. The Morgan fingerprint density at radius 1 is 1.19 bits per heavy atom. The van der Waals surface area contributed by atoms with E-state index in [1.807, 2.05) is 12.1 Å². The molecule has 0 radical (unpaired) electrons. The summed E-state index contributed by atoms with van der Waals surface area (Å²) < 4.78 is 4.86. The number of carbonyl (C=O) groups excluding carboxylic acids is 1. The second kappa shape index (κ2) is 4.37. The number of aromatic nitrogens is 4. The van der Waals surface area contributed by atoms with E-state index in [4.69, 9.17) is 11.5 Å². The van der Waals surface area contributed by atoms with Gasteiger partial charge < -0.3 is 16.0 Å². The topological polar surface area (TPSA) is 114 Å². The zero-order chi connectivity index (χ0) is 15.3. The highest BCUT2D eigenvalue weighted by atomic mass is 16.2. The van der Waals surface area contributed by atoms with Gasteiger partial charge in [-0.05, 0) is 12.1 Å². The van der Waals surface area contributed by atoms with Crippen LogP contribution < -0.4 is 17.2 Å². The van der Waals surface area contributed by atoms with E-state index in [1.54, 1.807) is 27.8 Å². The summed E-state index contributed by atoms with van der Waals surface area (Å²) in [4.78, 5) is 27.2. The van der Waals surface area contributed by atoms with E-state index in [0.717, 1.165) is 16.6 Å². The highest BCUT2D eigenvalue weighted by Crippen LogP contribution is 2.24. The number of hydrogen-bond acceptors (Lipinski definition) is 4. The van der Waals surface area contributed by atoms with Crippen molar-refractivity contribution < 1.29 is 4.79 Å². The molecule has 0 saturated heterocycles. The first kappa shape index (κ1) is 13.2. The second-order valence-electron chi connectivity index (χ2n) is 5.07. The number of rotatable bonds is 3. The molecule has 0 fully saturated rings. The van der Waals surface area contributed by atoms with E-state index < -0.39 is 5.91 Å². The summed E-state index contributed by atoms with van der Waals surface area (Å²) in [6.45, 7) is 0.365. The van der Waals surface area contributed by atoms with E-state index in [0.29, 0.717) is 18.0 Å². The molecule has 8 heteroatoms. The molecule has 0 bridgehead atoms. The van der Waals surface area contributed by atoms with Gasteiger partial charge in [-0.3, -0.25) is 13.9 Å². The summed E-state index contributed by atoms with van der Waals surface area (Å²) in [5, 5.41) is 0. The molecule has 8 nitrogen and oxygen atoms in total. The van der Waals surface area contributed by atoms with Crippen LogP contribution in [-0.4, -0.2) is 24.6 Å². The molecule has 2 aromatic heterocycles. The Bertz CT molecular complexity index is 930. The van der Waals surface area contributed by atoms with Gasteiger partial charge in [-0.1, -0.05) is 0 Å². The molecular weight excluding hydrogens is 272 g/mol. The first-order valence-electron chi connectivity index (χ1n) is 6.49. The second-order valence-corrected chi connectivity index (χ2v) is 5.07. The predicted molar refractivity (Wildman–Crippen MR) is 79.7 cm³/mol. The molecule has 0 spiro atoms. The van der Waals surface area contributed by atoms with Crippen LogP contribution in [-0.2, 0) is 25.4 Å². The zero-order valence-electron chi connectivity index (χ0n) is 11.8. The van der Waals surface area contributed by atoms with Gasteiger partial charge in [-0.2, -0.15) is 0 Å². The average Bonchev–Trinajstić information content (AvgIpc) is 2.85. The maximum atomic E-state index is 12.0. The molecule has 110 valence electrons. The molecule has 0 aliphatic carbocycles. The first-order chi connectivity index (χ1) is 9.90. The van der Waals surface area contributed by atoms with Crippen LogP contribution in [0.1, 0.15) is 6.42 Å². The Balaban J connectivity index is 2.28. The predicted octanol–water partition coefficient (Wildman–Crippen LogP) is -0.316. The van der Waals surface area contributed by atoms with E-state index in [1.165, 1.54) is 0 Å². The summed E-state index contributed by atoms with van der Waals surface area (Å²) in [5.74, 6) is -0.0732. The SMILES string of the molecule is Cn1c(=O)n(C)c2cc3c(cc21)nc(N)n3CCC(N)=O. The van der Waals surface area contributed by atoms with Crippen LogP contribution in [0.3, 0.4) is 0 Å². The monoisotopic (exact) mass is 288 g/mol. The summed E-state index contributed by atoms with van der Waals surface area (Å²) in [5.41, 5.74) is 14.0. The van der Waals surface area contributed by atoms with Crippen LogP contribution in [0, 0.1) is 0 Å². The zero-order valence-corrected chi connectivity index (χ0v) is 11.8. The van der Waals surface area contributed by atoms with Crippen LogP contribution in [0.25, 0.3) is 22.1 Å². The molecule has 1 amide bonds. The molecule has 0 atom stereocenters. The van der Waals surface area contributed by atoms with Crippen molar-refractivity contribution in [2.24, 2.45) is 19.8 Å². The fraction of sp³-hybridized carbons (Fsp3) is 0.308. The third kappa shape index (κ3) is 1.87. The summed E-state index contributed by atoms with van der Waals surface area (Å²) in [6, 6.07) is 3.68. The number of amides is 1. The summed E-state index contributed by atoms with van der Waals surface area (Å²) >= 11 is 0. The van der Waals surface area contributed by atoms with E-state index in [9.17, 15) is 9.59 Å². The van der Waals surface area contributed by atoms with Gasteiger partial charge in [0, 0.05) is 27.1 Å². The molecule has 4 N–H and O–H groups in total. The Morgan fingerprint density at radius 2 is 1.81 bits per heavy atom. The maximum absolute atomic E-state index is 12.0. The minimum absolute atomic E-state index is 0.102. The highest BCUT2D eigenvalue weighted by molar-refractivity contribution is 5.93. The van der Waals surface area contributed by atoms with Gasteiger partial charge in [-0.25, -0.2) is 9.78 Å². The quantitative estimate of drug-likeness (QED) is 0.687. The van der Waals surface area contributed by atoms with Crippen molar-refractivity contribution >= 4 is 33.9 Å². The van der Waals surface area contributed by atoms with Crippen molar-refractivity contribution in [1.29, 1.82) is 0 Å². The van der Waals surface area contributed by atoms with Crippen molar-refractivity contribution in [3.8, 4) is 0 Å².